The second kappa shape index (κ2) is 5.62. The molecule has 1 N–H and O–H groups in total. The number of carboxylic acids is 1. The highest BCUT2D eigenvalue weighted by atomic mass is 16.4. The summed E-state index contributed by atoms with van der Waals surface area (Å²) >= 11 is 0. The minimum absolute atomic E-state index is 0.0266. The summed E-state index contributed by atoms with van der Waals surface area (Å²) in [5.41, 5.74) is 0.360. The third-order valence-corrected chi connectivity index (χ3v) is 5.29. The molecule has 5 heteroatoms. The third-order valence-electron chi connectivity index (χ3n) is 5.29. The highest BCUT2D eigenvalue weighted by molar-refractivity contribution is 5.77. The quantitative estimate of drug-likeness (QED) is 0.845. The Bertz CT molecular complexity index is 389. The zero-order valence-electron chi connectivity index (χ0n) is 12.8. The van der Waals surface area contributed by atoms with E-state index >= 15 is 0 Å². The lowest BCUT2D eigenvalue weighted by Gasteiger charge is -2.40. The molecule has 0 radical (unpaired) electrons. The van der Waals surface area contributed by atoms with Crippen molar-refractivity contribution in [2.45, 2.75) is 40.0 Å². The first-order valence-electron chi connectivity index (χ1n) is 7.63. The zero-order valence-corrected chi connectivity index (χ0v) is 12.8. The van der Waals surface area contributed by atoms with Crippen molar-refractivity contribution < 1.29 is 14.7 Å². The molecule has 0 aliphatic carbocycles. The SMILES string of the molecule is CCC1(C)CCN(C(=O)N2CC(C)C(C(=O)O)C2)CC1. The number of carboxylic acid groups (broad SMARTS) is 1. The van der Waals surface area contributed by atoms with E-state index in [-0.39, 0.29) is 11.9 Å². The molecule has 114 valence electrons. The molecular formula is C15H26N2O3. The molecule has 2 unspecified atom stereocenters. The summed E-state index contributed by atoms with van der Waals surface area (Å²) in [6, 6.07) is 0.0266. The van der Waals surface area contributed by atoms with Gasteiger partial charge >= 0.3 is 12.0 Å². The number of nitrogens with zero attached hydrogens (tertiary/aromatic N) is 2. The number of urea groups is 1. The first-order valence-corrected chi connectivity index (χ1v) is 7.63. The molecule has 5 nitrogen and oxygen atoms in total. The monoisotopic (exact) mass is 282 g/mol. The lowest BCUT2D eigenvalue weighted by molar-refractivity contribution is -0.142. The van der Waals surface area contributed by atoms with Gasteiger partial charge in [-0.1, -0.05) is 27.2 Å². The van der Waals surface area contributed by atoms with Gasteiger partial charge in [0.15, 0.2) is 0 Å². The average molecular weight is 282 g/mol. The van der Waals surface area contributed by atoms with Gasteiger partial charge in [0.2, 0.25) is 0 Å². The summed E-state index contributed by atoms with van der Waals surface area (Å²) in [6.45, 7) is 8.92. The van der Waals surface area contributed by atoms with Crippen molar-refractivity contribution in [1.82, 2.24) is 9.80 Å². The van der Waals surface area contributed by atoms with E-state index in [2.05, 4.69) is 13.8 Å². The smallest absolute Gasteiger partial charge is 0.320 e. The number of piperidine rings is 1. The van der Waals surface area contributed by atoms with Crippen molar-refractivity contribution >= 4 is 12.0 Å². The number of hydrogen-bond acceptors (Lipinski definition) is 2. The predicted octanol–water partition coefficient (Wildman–Crippen LogP) is 2.27. The molecule has 0 saturated carbocycles. The molecule has 2 saturated heterocycles. The fourth-order valence-corrected chi connectivity index (χ4v) is 3.24. The number of hydrogen-bond donors (Lipinski definition) is 1. The van der Waals surface area contributed by atoms with E-state index < -0.39 is 11.9 Å². The average Bonchev–Trinajstić information content (AvgIpc) is 2.81. The highest BCUT2D eigenvalue weighted by Gasteiger charge is 2.39. The molecular weight excluding hydrogens is 256 g/mol. The maximum Gasteiger partial charge on any atom is 0.320 e. The topological polar surface area (TPSA) is 60.9 Å². The van der Waals surface area contributed by atoms with Gasteiger partial charge in [0.1, 0.15) is 0 Å². The Labute approximate surface area is 120 Å². The molecule has 2 aliphatic heterocycles. The molecule has 0 aromatic rings. The molecule has 20 heavy (non-hydrogen) atoms. The third kappa shape index (κ3) is 2.91. The molecule has 0 aromatic heterocycles. The summed E-state index contributed by atoms with van der Waals surface area (Å²) in [4.78, 5) is 27.2. The molecule has 2 amide bonds. The number of amides is 2. The lowest BCUT2D eigenvalue weighted by Crippen LogP contribution is -2.48. The van der Waals surface area contributed by atoms with Gasteiger partial charge < -0.3 is 14.9 Å². The summed E-state index contributed by atoms with van der Waals surface area (Å²) in [6.07, 6.45) is 3.23. The van der Waals surface area contributed by atoms with Crippen LogP contribution in [0.15, 0.2) is 0 Å². The van der Waals surface area contributed by atoms with Crippen molar-refractivity contribution in [1.29, 1.82) is 0 Å². The van der Waals surface area contributed by atoms with Crippen LogP contribution in [0, 0.1) is 17.3 Å². The van der Waals surface area contributed by atoms with Gasteiger partial charge in [0.05, 0.1) is 5.92 Å². The molecule has 0 spiro atoms. The second-order valence-electron chi connectivity index (χ2n) is 6.76. The summed E-state index contributed by atoms with van der Waals surface area (Å²) < 4.78 is 0. The molecule has 0 aromatic carbocycles. The van der Waals surface area contributed by atoms with Crippen LogP contribution in [0.5, 0.6) is 0 Å². The van der Waals surface area contributed by atoms with Crippen molar-refractivity contribution in [2.75, 3.05) is 26.2 Å². The van der Waals surface area contributed by atoms with Gasteiger partial charge in [-0.15, -0.1) is 0 Å². The number of rotatable bonds is 2. The number of likely N-dealkylation sites (tertiary alicyclic amines) is 2. The maximum absolute atomic E-state index is 12.5. The van der Waals surface area contributed by atoms with Gasteiger partial charge in [-0.2, -0.15) is 0 Å². The molecule has 2 heterocycles. The highest BCUT2D eigenvalue weighted by Crippen LogP contribution is 2.34. The summed E-state index contributed by atoms with van der Waals surface area (Å²) in [7, 11) is 0. The van der Waals surface area contributed by atoms with E-state index in [0.29, 0.717) is 18.5 Å². The Morgan fingerprint density at radius 1 is 1.20 bits per heavy atom. The van der Waals surface area contributed by atoms with Crippen LogP contribution in [0.3, 0.4) is 0 Å². The van der Waals surface area contributed by atoms with Gasteiger partial charge in [0, 0.05) is 26.2 Å². The van der Waals surface area contributed by atoms with Crippen LogP contribution in [0.25, 0.3) is 0 Å². The van der Waals surface area contributed by atoms with Crippen molar-refractivity contribution in [3.05, 3.63) is 0 Å². The van der Waals surface area contributed by atoms with E-state index in [4.69, 9.17) is 5.11 Å². The molecule has 0 bridgehead atoms. The van der Waals surface area contributed by atoms with Crippen LogP contribution >= 0.6 is 0 Å². The van der Waals surface area contributed by atoms with Crippen LogP contribution in [-0.4, -0.2) is 53.1 Å². The van der Waals surface area contributed by atoms with Gasteiger partial charge in [0.25, 0.3) is 0 Å². The van der Waals surface area contributed by atoms with Crippen LogP contribution in [0.2, 0.25) is 0 Å². The van der Waals surface area contributed by atoms with Crippen molar-refractivity contribution in [2.24, 2.45) is 17.3 Å². The second-order valence-corrected chi connectivity index (χ2v) is 6.76. The molecule has 2 fully saturated rings. The minimum atomic E-state index is -0.787. The maximum atomic E-state index is 12.5. The van der Waals surface area contributed by atoms with Crippen LogP contribution in [-0.2, 0) is 4.79 Å². The largest absolute Gasteiger partial charge is 0.481 e. The Kier molecular flexibility index (Phi) is 4.25. The standard InChI is InChI=1S/C15H26N2O3/c1-4-15(3)5-7-16(8-6-15)14(20)17-9-11(2)12(10-17)13(18)19/h11-12H,4-10H2,1-3H3,(H,18,19). The van der Waals surface area contributed by atoms with Crippen molar-refractivity contribution in [3.8, 4) is 0 Å². The number of carbonyl (C=O) groups is 2. The van der Waals surface area contributed by atoms with E-state index in [1.54, 1.807) is 4.90 Å². The predicted molar refractivity (Wildman–Crippen MR) is 76.5 cm³/mol. The Hall–Kier alpha value is -1.26. The number of carbonyl (C=O) groups excluding carboxylic acids is 1. The first-order chi connectivity index (χ1) is 9.36. The molecule has 2 rings (SSSR count). The fraction of sp³-hybridized carbons (Fsp3) is 0.867. The van der Waals surface area contributed by atoms with Crippen LogP contribution in [0.1, 0.15) is 40.0 Å². The van der Waals surface area contributed by atoms with Gasteiger partial charge in [-0.3, -0.25) is 4.79 Å². The Morgan fingerprint density at radius 3 is 2.25 bits per heavy atom. The van der Waals surface area contributed by atoms with Crippen LogP contribution in [0.4, 0.5) is 4.79 Å². The summed E-state index contributed by atoms with van der Waals surface area (Å²) in [5, 5.41) is 9.14. The number of aliphatic carboxylic acids is 1. The molecule has 2 aliphatic rings. The van der Waals surface area contributed by atoms with Crippen molar-refractivity contribution in [3.63, 3.8) is 0 Å². The lowest BCUT2D eigenvalue weighted by atomic mass is 9.78. The minimum Gasteiger partial charge on any atom is -0.481 e. The first kappa shape index (κ1) is 15.1. The van der Waals surface area contributed by atoms with E-state index in [0.717, 1.165) is 32.4 Å². The van der Waals surface area contributed by atoms with E-state index in [1.165, 1.54) is 0 Å². The van der Waals surface area contributed by atoms with E-state index in [1.807, 2.05) is 11.8 Å². The van der Waals surface area contributed by atoms with Crippen LogP contribution < -0.4 is 0 Å². The van der Waals surface area contributed by atoms with Gasteiger partial charge in [-0.25, -0.2) is 4.79 Å². The summed E-state index contributed by atoms with van der Waals surface area (Å²) in [5.74, 6) is -1.16. The van der Waals surface area contributed by atoms with E-state index in [9.17, 15) is 9.59 Å². The van der Waals surface area contributed by atoms with Gasteiger partial charge in [-0.05, 0) is 24.2 Å². The fourth-order valence-electron chi connectivity index (χ4n) is 3.24. The Balaban J connectivity index is 1.92. The molecule has 2 atom stereocenters. The zero-order chi connectivity index (χ0) is 14.9. The Morgan fingerprint density at radius 2 is 1.80 bits per heavy atom. The normalized spacial score (nSPS) is 29.6.